The number of aryl methyl sites for hydroxylation is 1. The van der Waals surface area contributed by atoms with Crippen LogP contribution >= 0.6 is 22.6 Å². The van der Waals surface area contributed by atoms with Gasteiger partial charge in [0.15, 0.2) is 0 Å². The summed E-state index contributed by atoms with van der Waals surface area (Å²) in [7, 11) is 0. The molecule has 8 heteroatoms. The summed E-state index contributed by atoms with van der Waals surface area (Å²) >= 11 is 2.18. The molecule has 0 saturated carbocycles. The van der Waals surface area contributed by atoms with Crippen LogP contribution in [-0.2, 0) is 0 Å². The molecule has 0 aliphatic heterocycles. The molecule has 0 aliphatic carbocycles. The summed E-state index contributed by atoms with van der Waals surface area (Å²) in [5.41, 5.74) is 0.945. The van der Waals surface area contributed by atoms with Crippen molar-refractivity contribution >= 4 is 45.7 Å². The molecule has 2 rings (SSSR count). The second kappa shape index (κ2) is 6.66. The zero-order valence-electron chi connectivity index (χ0n) is 11.6. The lowest BCUT2D eigenvalue weighted by molar-refractivity contribution is -0.385. The molecule has 1 aromatic carbocycles. The molecule has 2 aromatic rings. The number of rotatable bonds is 5. The Balaban J connectivity index is 2.46. The predicted octanol–water partition coefficient (Wildman–Crippen LogP) is 3.47. The number of nitrogens with one attached hydrogen (secondary N) is 2. The minimum atomic E-state index is -0.471. The molecule has 7 nitrogen and oxygen atoms in total. The Morgan fingerprint density at radius 3 is 2.76 bits per heavy atom. The molecule has 0 aliphatic rings. The lowest BCUT2D eigenvalue weighted by Gasteiger charge is -2.10. The Kier molecular flexibility index (Phi) is 4.89. The van der Waals surface area contributed by atoms with Crippen LogP contribution in [-0.4, -0.2) is 21.4 Å². The van der Waals surface area contributed by atoms with Gasteiger partial charge in [-0.3, -0.25) is 10.1 Å². The Morgan fingerprint density at radius 2 is 2.14 bits per heavy atom. The molecule has 21 heavy (non-hydrogen) atoms. The highest BCUT2D eigenvalue weighted by molar-refractivity contribution is 14.1. The lowest BCUT2D eigenvalue weighted by atomic mass is 10.3. The van der Waals surface area contributed by atoms with Gasteiger partial charge in [0.05, 0.1) is 4.92 Å². The number of halogens is 1. The third-order valence-corrected chi connectivity index (χ3v) is 3.33. The van der Waals surface area contributed by atoms with Crippen LogP contribution < -0.4 is 10.6 Å². The van der Waals surface area contributed by atoms with E-state index in [1.165, 1.54) is 0 Å². The van der Waals surface area contributed by atoms with Gasteiger partial charge in [-0.15, -0.1) is 0 Å². The lowest BCUT2D eigenvalue weighted by Crippen LogP contribution is -2.09. The van der Waals surface area contributed by atoms with Crippen LogP contribution in [0.2, 0.25) is 0 Å². The van der Waals surface area contributed by atoms with E-state index in [0.717, 1.165) is 9.26 Å². The molecular formula is C13H14IN5O2. The molecule has 0 fully saturated rings. The van der Waals surface area contributed by atoms with Crippen molar-refractivity contribution in [2.24, 2.45) is 0 Å². The number of nitrogens with zero attached hydrogens (tertiary/aromatic N) is 3. The van der Waals surface area contributed by atoms with E-state index in [-0.39, 0.29) is 11.5 Å². The molecule has 0 atom stereocenters. The van der Waals surface area contributed by atoms with E-state index < -0.39 is 4.92 Å². The van der Waals surface area contributed by atoms with Gasteiger partial charge in [-0.25, -0.2) is 4.98 Å². The number of anilines is 3. The van der Waals surface area contributed by atoms with E-state index >= 15 is 0 Å². The monoisotopic (exact) mass is 399 g/mol. The summed E-state index contributed by atoms with van der Waals surface area (Å²) < 4.78 is 1.03. The zero-order chi connectivity index (χ0) is 15.4. The van der Waals surface area contributed by atoms with E-state index in [2.05, 4.69) is 43.2 Å². The zero-order valence-corrected chi connectivity index (χ0v) is 13.7. The standard InChI is InChI=1S/C13H14IN5O2/c1-3-15-13-16-8(2)11(19(20)21)12(18-13)17-10-6-4-5-9(14)7-10/h4-7H,3H2,1-2H3,(H2,15,16,17,18). The molecule has 1 heterocycles. The number of hydrogen-bond donors (Lipinski definition) is 2. The molecule has 2 N–H and O–H groups in total. The maximum absolute atomic E-state index is 11.2. The molecule has 0 spiro atoms. The highest BCUT2D eigenvalue weighted by atomic mass is 127. The van der Waals surface area contributed by atoms with Gasteiger partial charge in [0, 0.05) is 15.8 Å². The maximum Gasteiger partial charge on any atom is 0.332 e. The first-order valence-electron chi connectivity index (χ1n) is 6.30. The highest BCUT2D eigenvalue weighted by Crippen LogP contribution is 2.29. The van der Waals surface area contributed by atoms with Crippen molar-refractivity contribution in [3.8, 4) is 0 Å². The molecule has 0 radical (unpaired) electrons. The van der Waals surface area contributed by atoms with Crippen molar-refractivity contribution in [1.82, 2.24) is 9.97 Å². The Morgan fingerprint density at radius 1 is 1.38 bits per heavy atom. The third-order valence-electron chi connectivity index (χ3n) is 2.66. The first-order valence-corrected chi connectivity index (χ1v) is 7.38. The summed E-state index contributed by atoms with van der Waals surface area (Å²) in [6.07, 6.45) is 0. The van der Waals surface area contributed by atoms with Gasteiger partial charge in [0.2, 0.25) is 11.8 Å². The Hall–Kier alpha value is -1.97. The summed E-state index contributed by atoms with van der Waals surface area (Å²) in [5.74, 6) is 0.555. The van der Waals surface area contributed by atoms with Gasteiger partial charge < -0.3 is 10.6 Å². The van der Waals surface area contributed by atoms with Gasteiger partial charge in [0.1, 0.15) is 5.69 Å². The topological polar surface area (TPSA) is 93.0 Å². The minimum absolute atomic E-state index is 0.115. The van der Waals surface area contributed by atoms with Crippen molar-refractivity contribution in [3.63, 3.8) is 0 Å². The fourth-order valence-corrected chi connectivity index (χ4v) is 2.36. The van der Waals surface area contributed by atoms with Crippen LogP contribution in [0.5, 0.6) is 0 Å². The number of hydrogen-bond acceptors (Lipinski definition) is 6. The average Bonchev–Trinajstić information content (AvgIpc) is 2.38. The van der Waals surface area contributed by atoms with E-state index in [1.54, 1.807) is 6.92 Å². The van der Waals surface area contributed by atoms with Crippen LogP contribution in [0.25, 0.3) is 0 Å². The molecule has 0 unspecified atom stereocenters. The summed E-state index contributed by atoms with van der Waals surface area (Å²) in [4.78, 5) is 19.1. The normalized spacial score (nSPS) is 10.2. The van der Waals surface area contributed by atoms with Gasteiger partial charge in [-0.05, 0) is 54.6 Å². The first-order chi connectivity index (χ1) is 10.0. The molecule has 0 bridgehead atoms. The van der Waals surface area contributed by atoms with Crippen LogP contribution in [0.15, 0.2) is 24.3 Å². The van der Waals surface area contributed by atoms with E-state index in [0.29, 0.717) is 18.2 Å². The van der Waals surface area contributed by atoms with Crippen molar-refractivity contribution in [1.29, 1.82) is 0 Å². The number of nitro groups is 1. The largest absolute Gasteiger partial charge is 0.354 e. The third kappa shape index (κ3) is 3.78. The van der Waals surface area contributed by atoms with Gasteiger partial charge in [-0.2, -0.15) is 4.98 Å². The van der Waals surface area contributed by atoms with E-state index in [4.69, 9.17) is 0 Å². The van der Waals surface area contributed by atoms with Crippen LogP contribution in [0.3, 0.4) is 0 Å². The van der Waals surface area contributed by atoms with Crippen LogP contribution in [0.4, 0.5) is 23.1 Å². The second-order valence-electron chi connectivity index (χ2n) is 4.25. The fraction of sp³-hybridized carbons (Fsp3) is 0.231. The highest BCUT2D eigenvalue weighted by Gasteiger charge is 2.22. The number of aromatic nitrogens is 2. The first kappa shape index (κ1) is 15.4. The quantitative estimate of drug-likeness (QED) is 0.455. The van der Waals surface area contributed by atoms with Crippen molar-refractivity contribution in [2.75, 3.05) is 17.2 Å². The van der Waals surface area contributed by atoms with Crippen molar-refractivity contribution in [3.05, 3.63) is 43.6 Å². The van der Waals surface area contributed by atoms with E-state index in [1.807, 2.05) is 31.2 Å². The Bertz CT molecular complexity index is 678. The summed E-state index contributed by atoms with van der Waals surface area (Å²) in [6, 6.07) is 7.52. The smallest absolute Gasteiger partial charge is 0.332 e. The second-order valence-corrected chi connectivity index (χ2v) is 5.50. The van der Waals surface area contributed by atoms with E-state index in [9.17, 15) is 10.1 Å². The summed E-state index contributed by atoms with van der Waals surface area (Å²) in [5, 5.41) is 17.2. The van der Waals surface area contributed by atoms with Crippen molar-refractivity contribution in [2.45, 2.75) is 13.8 Å². The molecule has 1 aromatic heterocycles. The van der Waals surface area contributed by atoms with Gasteiger partial charge >= 0.3 is 5.69 Å². The fourth-order valence-electron chi connectivity index (χ4n) is 1.81. The molecular weight excluding hydrogens is 385 g/mol. The number of benzene rings is 1. The molecule has 0 amide bonds. The summed E-state index contributed by atoms with van der Waals surface area (Å²) in [6.45, 7) is 4.15. The van der Waals surface area contributed by atoms with Crippen LogP contribution in [0, 0.1) is 20.6 Å². The maximum atomic E-state index is 11.2. The van der Waals surface area contributed by atoms with Gasteiger partial charge in [0.25, 0.3) is 0 Å². The molecule has 110 valence electrons. The average molecular weight is 399 g/mol. The van der Waals surface area contributed by atoms with Crippen molar-refractivity contribution < 1.29 is 4.92 Å². The minimum Gasteiger partial charge on any atom is -0.354 e. The Labute approximate surface area is 135 Å². The molecule has 0 saturated heterocycles. The predicted molar refractivity (Wildman–Crippen MR) is 90.0 cm³/mol. The SMILES string of the molecule is CCNc1nc(C)c([N+](=O)[O-])c(Nc2cccc(I)c2)n1. The van der Waals surface area contributed by atoms with Gasteiger partial charge in [-0.1, -0.05) is 6.07 Å². The van der Waals surface area contributed by atoms with Crippen LogP contribution in [0.1, 0.15) is 12.6 Å².